The Bertz CT molecular complexity index is 14000. The molecular formula is C135H87N15. The number of fused-ring (bicyclic) bond motifs is 21. The van der Waals surface area contributed by atoms with Crippen LogP contribution in [0.1, 0.15) is 76.8 Å². The molecule has 0 radical (unpaired) electrons. The number of hydrogen-bond donors (Lipinski definition) is 0. The van der Waals surface area contributed by atoms with Gasteiger partial charge in [-0.15, -0.1) is 0 Å². The monoisotopic (exact) mass is 1970 g/mol. The van der Waals surface area contributed by atoms with Crippen LogP contribution in [0.5, 0.6) is 0 Å². The fourth-order valence-electron chi connectivity index (χ4n) is 19.0. The Labute approximate surface area is 940 Å². The number of rotatable bonds is 15. The minimum Gasteiger partial charge on any atom is -0.307 e. The highest BCUT2D eigenvalue weighted by Crippen LogP contribution is 2.48. The summed E-state index contributed by atoms with van der Waals surface area (Å²) in [6, 6.07) is 14.5. The van der Waals surface area contributed by atoms with Crippen LogP contribution in [0.25, 0.3) is 267 Å². The van der Waals surface area contributed by atoms with Gasteiger partial charge in [0.2, 0.25) is 17.8 Å². The van der Waals surface area contributed by atoms with Gasteiger partial charge in [-0.05, 0) is 112 Å². The van der Waals surface area contributed by atoms with E-state index in [1.54, 1.807) is 155 Å². The average molecular weight is 1980 g/mol. The molecule has 0 spiro atoms. The summed E-state index contributed by atoms with van der Waals surface area (Å²) < 4.78 is 498. The zero-order chi connectivity index (χ0) is 148. The lowest BCUT2D eigenvalue weighted by atomic mass is 9.99. The Balaban J connectivity index is 0.000000136. The van der Waals surface area contributed by atoms with Gasteiger partial charge in [0.15, 0.2) is 34.9 Å². The lowest BCUT2D eigenvalue weighted by molar-refractivity contribution is 0.953. The highest BCUT2D eigenvalue weighted by Gasteiger charge is 2.30. The third-order valence-electron chi connectivity index (χ3n) is 25.1. The standard InChI is InChI=1S/3C45H29N5/c1-4-15-30(16-5-1)32-19-14-20-33(29-32)44-46-43(31-17-6-2-7-18-31)47-45(48-44)50-40-26-13-11-24-36(40)38-28-27-37-35-23-10-12-25-39(35)49(41(37)42(38)50)34-21-8-3-9-22-34;1-4-14-30(15-5-1)31-24-26-33(27-25-31)44-46-43(32-16-6-2-7-17-32)47-45(48-44)50-40-23-13-11-21-36(40)38-29-28-37-35-20-10-12-22-39(35)49(41(37)42(38)50)34-18-8-3-9-19-34;1-4-16-30(17-5-1)33-22-10-11-25-38(33)44-46-43(31-18-6-2-7-19-31)47-45(48-44)50-40-27-15-13-24-35(40)37-29-28-36-34-23-12-14-26-39(34)49(41(36)42(37)50)32-20-8-3-9-21-32/h3*1-29H/i1D,2D,3D,4D,5D,6D,7D,8D,9D,14D,15D,16D,17D,18D,19D,20D,21D,22D,29D;1D,2D,3D,4D,5D,6D,7D,8D,9D,14D,15D,16D,17D,18D,19D,24D,25D,26D,27D;1D,2D,3D,4D,6D,7D,8D,9D,10D,11D,16D,17D,18D,19D,20D,21D,22D,25D. The molecule has 0 saturated heterocycles. The molecule has 150 heavy (non-hydrogen) atoms. The Morgan fingerprint density at radius 3 is 0.713 bits per heavy atom. The van der Waals surface area contributed by atoms with Crippen LogP contribution < -0.4 is 0 Å². The maximum Gasteiger partial charge on any atom is 0.238 e. The molecule has 30 aromatic rings. The Morgan fingerprint density at radius 2 is 0.367 bits per heavy atom. The molecule has 0 unspecified atom stereocenters. The van der Waals surface area contributed by atoms with E-state index in [-0.39, 0.29) is 51.5 Å². The molecule has 0 atom stereocenters. The van der Waals surface area contributed by atoms with E-state index >= 15 is 0 Å². The summed E-state index contributed by atoms with van der Waals surface area (Å²) in [5.74, 6) is -4.48. The van der Waals surface area contributed by atoms with Crippen molar-refractivity contribution in [2.45, 2.75) is 0 Å². The number of para-hydroxylation sites is 9. The first kappa shape index (κ1) is 47.3. The predicted molar refractivity (Wildman–Crippen MR) is 614 cm³/mol. The van der Waals surface area contributed by atoms with Crippen molar-refractivity contribution in [3.63, 3.8) is 0 Å². The fraction of sp³-hybridized carbons (Fsp3) is 0. The molecular weight excluding hydrogens is 1830 g/mol. The van der Waals surface area contributed by atoms with Gasteiger partial charge in [-0.25, -0.2) is 15.0 Å². The van der Waals surface area contributed by atoms with Gasteiger partial charge in [-0.3, -0.25) is 13.7 Å². The fourth-order valence-corrected chi connectivity index (χ4v) is 19.0. The summed E-state index contributed by atoms with van der Waals surface area (Å²) in [7, 11) is 0. The lowest BCUT2D eigenvalue weighted by Crippen LogP contribution is -2.07. The Kier molecular flexibility index (Phi) is 11.7. The van der Waals surface area contributed by atoms with Gasteiger partial charge in [0, 0.05) is 115 Å². The van der Waals surface area contributed by atoms with Crippen molar-refractivity contribution in [3.8, 4) is 137 Å². The molecule has 0 bridgehead atoms. The number of aromatic nitrogens is 15. The third-order valence-corrected chi connectivity index (χ3v) is 25.1. The van der Waals surface area contributed by atoms with Crippen LogP contribution in [0.2, 0.25) is 0 Å². The van der Waals surface area contributed by atoms with E-state index in [4.69, 9.17) is 99.8 Å². The molecule has 0 N–H and O–H groups in total. The molecule has 0 saturated carbocycles. The van der Waals surface area contributed by atoms with Crippen molar-refractivity contribution >= 4 is 131 Å². The average Bonchev–Trinajstić information content (AvgIpc) is 1.54. The van der Waals surface area contributed by atoms with E-state index in [0.29, 0.717) is 114 Å². The number of hydrogen-bond acceptors (Lipinski definition) is 9. The summed E-state index contributed by atoms with van der Waals surface area (Å²) in [5, 5.41) is 6.87. The van der Waals surface area contributed by atoms with Crippen LogP contribution >= 0.6 is 0 Å². The maximum absolute atomic E-state index is 9.53. The molecule has 15 nitrogen and oxygen atoms in total. The van der Waals surface area contributed by atoms with Crippen molar-refractivity contribution in [1.29, 1.82) is 0 Å². The Morgan fingerprint density at radius 1 is 0.140 bits per heavy atom. The van der Waals surface area contributed by atoms with Crippen LogP contribution in [-0.2, 0) is 0 Å². The van der Waals surface area contributed by atoms with Crippen LogP contribution in [0, 0.1) is 0 Å². The first-order chi connectivity index (χ1) is 97.7. The second kappa shape index (κ2) is 37.0. The SMILES string of the molecule is [2H]c1c([2H])c([2H])c(-c2nc(-c3c([2H])c([2H])c(-c4c([2H])c([2H])c([2H])c([2H])c4[2H])c([2H])c3[2H])nc(-n3c4ccccc4c4ccc5c6ccccc6n(-c6c([2H])c([2H])c([2H])c([2H])c6[2H])c5c43)n2)c([2H])c1[2H].[2H]c1c([2H])c([2H])c(-c2nc(-c3c([2H])c([2H])c([2H])c(-c4c([2H])c([2H])c([2H])c([2H])c4[2H])c3[2H])nc(-n3c4ccccc4c4ccc5c6ccccc6n(-c6c([2H])c([2H])c([2H])c([2H])c6[2H])c5c43)n2)c([2H])c1[2H].[2H]c1cc([2H])c(-c2c([2H])c([2H])c([2H])c([2H])c2-c2nc(-c3c([2H])c([2H])c([2H])c([2H])c3[2H])nc(-n3c4ccccc4c4ccc5c6ccccc6n(-c6c([2H])c([2H])c([2H])c([2H])c6[2H])c5c43)n2)c([2H])c1[2H]. The predicted octanol–water partition coefficient (Wildman–Crippen LogP) is 33.2. The van der Waals surface area contributed by atoms with Crippen LogP contribution in [0.4, 0.5) is 0 Å². The molecule has 9 aromatic heterocycles. The van der Waals surface area contributed by atoms with Crippen LogP contribution in [0.3, 0.4) is 0 Å². The summed E-state index contributed by atoms with van der Waals surface area (Å²) in [4.78, 5) is 42.3. The van der Waals surface area contributed by atoms with Gasteiger partial charge in [-0.2, -0.15) is 29.9 Å². The topological polar surface area (TPSA) is 146 Å². The van der Waals surface area contributed by atoms with Gasteiger partial charge >= 0.3 is 0 Å². The highest BCUT2D eigenvalue weighted by atomic mass is 15.2. The zero-order valence-corrected chi connectivity index (χ0v) is 76.6. The normalized spacial score (nSPS) is 16.8. The van der Waals surface area contributed by atoms with Crippen molar-refractivity contribution in [3.05, 3.63) is 526 Å². The van der Waals surface area contributed by atoms with Gasteiger partial charge < -0.3 is 13.7 Å². The summed E-state index contributed by atoms with van der Waals surface area (Å²) >= 11 is 0. The third kappa shape index (κ3) is 15.1. The highest BCUT2D eigenvalue weighted by molar-refractivity contribution is 6.27. The molecule has 21 aromatic carbocycles. The second-order valence-corrected chi connectivity index (χ2v) is 33.3. The maximum atomic E-state index is 9.53. The molecule has 0 fully saturated rings. The van der Waals surface area contributed by atoms with Gasteiger partial charge in [0.25, 0.3) is 0 Å². The minimum atomic E-state index is -0.851. The number of benzene rings is 21. The van der Waals surface area contributed by atoms with Gasteiger partial charge in [0.1, 0.15) is 0 Å². The first-order valence-corrected chi connectivity index (χ1v) is 45.8. The smallest absolute Gasteiger partial charge is 0.238 e. The van der Waals surface area contributed by atoms with E-state index in [1.165, 1.54) is 18.3 Å². The molecule has 0 amide bonds. The molecule has 702 valence electrons. The molecule has 0 aliphatic heterocycles. The zero-order valence-electron chi connectivity index (χ0n) is 133. The second-order valence-electron chi connectivity index (χ2n) is 33.3. The molecule has 15 heteroatoms. The molecule has 9 heterocycles. The van der Waals surface area contributed by atoms with E-state index < -0.39 is 440 Å². The van der Waals surface area contributed by atoms with Crippen molar-refractivity contribution in [1.82, 2.24) is 72.3 Å². The van der Waals surface area contributed by atoms with Crippen LogP contribution in [0.15, 0.2) is 526 Å². The molecule has 0 aliphatic rings. The van der Waals surface area contributed by atoms with Gasteiger partial charge in [-0.1, -0.05) is 448 Å². The summed E-state index contributed by atoms with van der Waals surface area (Å²) in [6.07, 6.45) is 0. The Hall–Kier alpha value is -20.6. The minimum absolute atomic E-state index is 0.183. The van der Waals surface area contributed by atoms with Crippen molar-refractivity contribution in [2.24, 2.45) is 0 Å². The first-order valence-electron chi connectivity index (χ1n) is 73.8. The quantitative estimate of drug-likeness (QED) is 0.0979. The summed E-state index contributed by atoms with van der Waals surface area (Å²) in [5.41, 5.74) is -2.90. The van der Waals surface area contributed by atoms with Crippen LogP contribution in [-0.4, -0.2) is 72.3 Å². The van der Waals surface area contributed by atoms with E-state index in [1.807, 2.05) is 36.4 Å². The number of nitrogens with zero attached hydrogens (tertiary/aromatic N) is 15. The molecule has 30 rings (SSSR count). The van der Waals surface area contributed by atoms with E-state index in [2.05, 4.69) is 15.0 Å². The van der Waals surface area contributed by atoms with E-state index in [9.17, 15) is 6.85 Å². The van der Waals surface area contributed by atoms with Gasteiger partial charge in [0.05, 0.1) is 143 Å². The largest absolute Gasteiger partial charge is 0.307 e. The summed E-state index contributed by atoms with van der Waals surface area (Å²) in [6.45, 7) is 0. The van der Waals surface area contributed by atoms with Crippen molar-refractivity contribution < 1.29 is 76.8 Å². The van der Waals surface area contributed by atoms with E-state index in [0.717, 1.165) is 6.07 Å². The molecule has 0 aliphatic carbocycles. The lowest BCUT2D eigenvalue weighted by Gasteiger charge is -2.14. The van der Waals surface area contributed by atoms with Crippen molar-refractivity contribution in [2.75, 3.05) is 0 Å².